The van der Waals surface area contributed by atoms with Gasteiger partial charge in [0, 0.05) is 25.6 Å². The molecule has 2 unspecified atom stereocenters. The van der Waals surface area contributed by atoms with Gasteiger partial charge in [-0.05, 0) is 25.2 Å². The van der Waals surface area contributed by atoms with E-state index in [-0.39, 0.29) is 12.1 Å². The second-order valence-corrected chi connectivity index (χ2v) is 4.66. The molecule has 1 aliphatic rings. The molecule has 90 valence electrons. The van der Waals surface area contributed by atoms with Crippen molar-refractivity contribution in [2.24, 2.45) is 5.92 Å². The fourth-order valence-electron chi connectivity index (χ4n) is 2.08. The summed E-state index contributed by atoms with van der Waals surface area (Å²) in [5.74, 6) is 3.22. The van der Waals surface area contributed by atoms with Gasteiger partial charge < -0.3 is 10.2 Å². The minimum atomic E-state index is 0.0497. The minimum Gasteiger partial charge on any atom is -0.334 e. The third-order valence-corrected chi connectivity index (χ3v) is 3.13. The van der Waals surface area contributed by atoms with Crippen molar-refractivity contribution < 1.29 is 4.79 Å². The van der Waals surface area contributed by atoms with Crippen LogP contribution in [-0.2, 0) is 0 Å². The standard InChI is InChI=1S/C13H22N2O/c1-4-7-12(5-2)14-13(16)15-9-6-8-11(3)10-15/h1,11-12H,5-10H2,2-3H3,(H,14,16). The molecule has 0 spiro atoms. The van der Waals surface area contributed by atoms with Crippen LogP contribution in [0.15, 0.2) is 0 Å². The van der Waals surface area contributed by atoms with Crippen molar-refractivity contribution in [2.45, 2.75) is 45.6 Å². The molecule has 3 nitrogen and oxygen atoms in total. The Morgan fingerprint density at radius 2 is 2.44 bits per heavy atom. The van der Waals surface area contributed by atoms with Crippen molar-refractivity contribution in [1.82, 2.24) is 10.2 Å². The molecule has 1 heterocycles. The van der Waals surface area contributed by atoms with Crippen LogP contribution in [0.1, 0.15) is 39.5 Å². The van der Waals surface area contributed by atoms with Crippen molar-refractivity contribution in [2.75, 3.05) is 13.1 Å². The van der Waals surface area contributed by atoms with Crippen LogP contribution in [0.5, 0.6) is 0 Å². The summed E-state index contributed by atoms with van der Waals surface area (Å²) in [5.41, 5.74) is 0. The van der Waals surface area contributed by atoms with E-state index in [2.05, 4.69) is 18.2 Å². The molecule has 0 aromatic rings. The quantitative estimate of drug-likeness (QED) is 0.730. The summed E-state index contributed by atoms with van der Waals surface area (Å²) in [5, 5.41) is 3.00. The topological polar surface area (TPSA) is 32.3 Å². The number of nitrogens with one attached hydrogen (secondary N) is 1. The molecule has 0 radical (unpaired) electrons. The van der Waals surface area contributed by atoms with E-state index in [1.165, 1.54) is 6.42 Å². The number of hydrogen-bond donors (Lipinski definition) is 1. The van der Waals surface area contributed by atoms with Crippen molar-refractivity contribution in [1.29, 1.82) is 0 Å². The van der Waals surface area contributed by atoms with Crippen molar-refractivity contribution in [3.8, 4) is 12.3 Å². The Morgan fingerprint density at radius 1 is 1.69 bits per heavy atom. The maximum absolute atomic E-state index is 11.9. The Balaban J connectivity index is 2.41. The molecule has 1 fully saturated rings. The summed E-state index contributed by atoms with van der Waals surface area (Å²) in [4.78, 5) is 13.8. The van der Waals surface area contributed by atoms with E-state index in [0.717, 1.165) is 25.9 Å². The fourth-order valence-corrected chi connectivity index (χ4v) is 2.08. The average molecular weight is 222 g/mol. The minimum absolute atomic E-state index is 0.0497. The normalized spacial score (nSPS) is 22.3. The van der Waals surface area contributed by atoms with Gasteiger partial charge in [0.15, 0.2) is 0 Å². The Bertz CT molecular complexity index is 270. The van der Waals surface area contributed by atoms with E-state index in [9.17, 15) is 4.79 Å². The highest BCUT2D eigenvalue weighted by atomic mass is 16.2. The number of amides is 2. The first-order valence-electron chi connectivity index (χ1n) is 6.16. The predicted molar refractivity (Wildman–Crippen MR) is 66.0 cm³/mol. The Labute approximate surface area is 98.6 Å². The maximum atomic E-state index is 11.9. The highest BCUT2D eigenvalue weighted by Crippen LogP contribution is 2.15. The van der Waals surface area contributed by atoms with Crippen LogP contribution in [0.25, 0.3) is 0 Å². The molecular weight excluding hydrogens is 200 g/mol. The molecule has 0 bridgehead atoms. The number of piperidine rings is 1. The van der Waals surface area contributed by atoms with E-state index in [4.69, 9.17) is 6.42 Å². The van der Waals surface area contributed by atoms with Crippen molar-refractivity contribution >= 4 is 6.03 Å². The number of nitrogens with zero attached hydrogens (tertiary/aromatic N) is 1. The number of carbonyl (C=O) groups is 1. The lowest BCUT2D eigenvalue weighted by Crippen LogP contribution is -2.48. The third-order valence-electron chi connectivity index (χ3n) is 3.13. The average Bonchev–Trinajstić information content (AvgIpc) is 2.28. The summed E-state index contributed by atoms with van der Waals surface area (Å²) in [7, 11) is 0. The first-order chi connectivity index (χ1) is 7.67. The summed E-state index contributed by atoms with van der Waals surface area (Å²) in [6.45, 7) is 5.99. The van der Waals surface area contributed by atoms with Crippen LogP contribution in [0.4, 0.5) is 4.79 Å². The molecular formula is C13H22N2O. The summed E-state index contributed by atoms with van der Waals surface area (Å²) in [6, 6.07) is 0.170. The van der Waals surface area contributed by atoms with Gasteiger partial charge in [-0.25, -0.2) is 4.79 Å². The molecule has 1 aliphatic heterocycles. The van der Waals surface area contributed by atoms with Gasteiger partial charge in [0.1, 0.15) is 0 Å². The zero-order chi connectivity index (χ0) is 12.0. The highest BCUT2D eigenvalue weighted by Gasteiger charge is 2.22. The van der Waals surface area contributed by atoms with Crippen molar-refractivity contribution in [3.05, 3.63) is 0 Å². The van der Waals surface area contributed by atoms with Crippen LogP contribution in [0.3, 0.4) is 0 Å². The second kappa shape index (κ2) is 6.42. The molecule has 0 aliphatic carbocycles. The Hall–Kier alpha value is -1.17. The van der Waals surface area contributed by atoms with Gasteiger partial charge >= 0.3 is 6.03 Å². The Kier molecular flexibility index (Phi) is 5.18. The maximum Gasteiger partial charge on any atom is 0.317 e. The monoisotopic (exact) mass is 222 g/mol. The molecule has 16 heavy (non-hydrogen) atoms. The number of hydrogen-bond acceptors (Lipinski definition) is 1. The molecule has 1 N–H and O–H groups in total. The number of carbonyl (C=O) groups excluding carboxylic acids is 1. The number of terminal acetylenes is 1. The van der Waals surface area contributed by atoms with E-state index in [1.54, 1.807) is 0 Å². The van der Waals surface area contributed by atoms with Gasteiger partial charge in [0.05, 0.1) is 0 Å². The van der Waals surface area contributed by atoms with Crippen molar-refractivity contribution in [3.63, 3.8) is 0 Å². The number of urea groups is 1. The Morgan fingerprint density at radius 3 is 3.00 bits per heavy atom. The fraction of sp³-hybridized carbons (Fsp3) is 0.769. The first kappa shape index (κ1) is 12.9. The van der Waals surface area contributed by atoms with E-state index < -0.39 is 0 Å². The van der Waals surface area contributed by atoms with Gasteiger partial charge in [-0.1, -0.05) is 13.8 Å². The highest BCUT2D eigenvalue weighted by molar-refractivity contribution is 5.74. The number of likely N-dealkylation sites (tertiary alicyclic amines) is 1. The molecule has 1 rings (SSSR count). The molecule has 0 aromatic heterocycles. The molecule has 3 heteroatoms. The predicted octanol–water partition coefficient (Wildman–Crippen LogP) is 2.23. The third kappa shape index (κ3) is 3.77. The lowest BCUT2D eigenvalue weighted by molar-refractivity contribution is 0.166. The van der Waals surface area contributed by atoms with E-state index in [0.29, 0.717) is 12.3 Å². The first-order valence-corrected chi connectivity index (χ1v) is 6.16. The smallest absolute Gasteiger partial charge is 0.317 e. The largest absolute Gasteiger partial charge is 0.334 e. The van der Waals surface area contributed by atoms with Gasteiger partial charge in [0.2, 0.25) is 0 Å². The summed E-state index contributed by atoms with van der Waals surface area (Å²) < 4.78 is 0. The SMILES string of the molecule is C#CCC(CC)NC(=O)N1CCCC(C)C1. The van der Waals surface area contributed by atoms with Gasteiger partial charge in [-0.15, -0.1) is 12.3 Å². The number of rotatable bonds is 3. The zero-order valence-electron chi connectivity index (χ0n) is 10.3. The molecule has 1 saturated heterocycles. The van der Waals surface area contributed by atoms with Crippen LogP contribution in [0, 0.1) is 18.3 Å². The van der Waals surface area contributed by atoms with Crippen LogP contribution < -0.4 is 5.32 Å². The lowest BCUT2D eigenvalue weighted by atomic mass is 10.0. The molecule has 0 aromatic carbocycles. The second-order valence-electron chi connectivity index (χ2n) is 4.66. The molecule has 2 amide bonds. The lowest BCUT2D eigenvalue weighted by Gasteiger charge is -2.32. The van der Waals surface area contributed by atoms with Gasteiger partial charge in [-0.3, -0.25) is 0 Å². The summed E-state index contributed by atoms with van der Waals surface area (Å²) >= 11 is 0. The van der Waals surface area contributed by atoms with Crippen LogP contribution in [0.2, 0.25) is 0 Å². The van der Waals surface area contributed by atoms with E-state index >= 15 is 0 Å². The molecule has 0 saturated carbocycles. The van der Waals surface area contributed by atoms with E-state index in [1.807, 2.05) is 11.8 Å². The van der Waals surface area contributed by atoms with Gasteiger partial charge in [0.25, 0.3) is 0 Å². The molecule has 2 atom stereocenters. The summed E-state index contributed by atoms with van der Waals surface area (Å²) in [6.07, 6.45) is 9.11. The van der Waals surface area contributed by atoms with Gasteiger partial charge in [-0.2, -0.15) is 0 Å². The van der Waals surface area contributed by atoms with Crippen LogP contribution >= 0.6 is 0 Å². The van der Waals surface area contributed by atoms with Crippen LogP contribution in [-0.4, -0.2) is 30.1 Å². The zero-order valence-corrected chi connectivity index (χ0v) is 10.3.